The Morgan fingerprint density at radius 1 is 1.24 bits per heavy atom. The molecule has 1 fully saturated rings. The first-order valence-electron chi connectivity index (χ1n) is 5.79. The van der Waals surface area contributed by atoms with Crippen molar-refractivity contribution >= 4 is 5.97 Å². The zero-order valence-electron chi connectivity index (χ0n) is 10.6. The first-order chi connectivity index (χ1) is 7.76. The maximum atomic E-state index is 11.1. The van der Waals surface area contributed by atoms with Gasteiger partial charge in [-0.3, -0.25) is 4.79 Å². The largest absolute Gasteiger partial charge is 0.508 e. The molecule has 1 aromatic carbocycles. The van der Waals surface area contributed by atoms with Crippen molar-refractivity contribution in [2.24, 2.45) is 11.3 Å². The second-order valence-corrected chi connectivity index (χ2v) is 5.61. The molecule has 0 saturated heterocycles. The molecular weight excluding hydrogens is 216 g/mol. The molecule has 2 rings (SSSR count). The molecule has 17 heavy (non-hydrogen) atoms. The Labute approximate surface area is 101 Å². The molecular formula is C14H18O3. The number of aromatic hydroxyl groups is 1. The van der Waals surface area contributed by atoms with Crippen LogP contribution in [0.15, 0.2) is 12.1 Å². The van der Waals surface area contributed by atoms with E-state index in [9.17, 15) is 9.90 Å². The van der Waals surface area contributed by atoms with Gasteiger partial charge in [0.1, 0.15) is 5.75 Å². The maximum Gasteiger partial charge on any atom is 0.307 e. The molecule has 1 aromatic rings. The monoisotopic (exact) mass is 234 g/mol. The summed E-state index contributed by atoms with van der Waals surface area (Å²) in [5.74, 6) is -1.04. The lowest BCUT2D eigenvalue weighted by Gasteiger charge is -2.09. The van der Waals surface area contributed by atoms with Gasteiger partial charge in [-0.2, -0.15) is 0 Å². The Kier molecular flexibility index (Phi) is 2.45. The SMILES string of the molecule is Cc1cc(O)c([C@@H]2[C@@H](C(=O)O)C2(C)C)cc1C. The Bertz CT molecular complexity index is 488. The smallest absolute Gasteiger partial charge is 0.307 e. The van der Waals surface area contributed by atoms with E-state index in [1.807, 2.05) is 33.8 Å². The first-order valence-corrected chi connectivity index (χ1v) is 5.79. The summed E-state index contributed by atoms with van der Waals surface area (Å²) in [5.41, 5.74) is 2.61. The number of benzene rings is 1. The molecule has 3 heteroatoms. The van der Waals surface area contributed by atoms with Crippen LogP contribution in [-0.4, -0.2) is 16.2 Å². The van der Waals surface area contributed by atoms with Gasteiger partial charge in [0, 0.05) is 5.92 Å². The van der Waals surface area contributed by atoms with Crippen LogP contribution in [0.3, 0.4) is 0 Å². The second-order valence-electron chi connectivity index (χ2n) is 5.61. The Balaban J connectivity index is 2.44. The molecule has 92 valence electrons. The lowest BCUT2D eigenvalue weighted by atomic mass is 9.98. The van der Waals surface area contributed by atoms with Gasteiger partial charge in [-0.15, -0.1) is 0 Å². The fourth-order valence-electron chi connectivity index (χ4n) is 2.75. The predicted molar refractivity (Wildman–Crippen MR) is 65.2 cm³/mol. The summed E-state index contributed by atoms with van der Waals surface area (Å²) in [4.78, 5) is 11.1. The molecule has 0 aliphatic heterocycles. The molecule has 1 saturated carbocycles. The van der Waals surface area contributed by atoms with Crippen molar-refractivity contribution in [2.75, 3.05) is 0 Å². The van der Waals surface area contributed by atoms with E-state index in [0.29, 0.717) is 0 Å². The maximum absolute atomic E-state index is 11.1. The summed E-state index contributed by atoms with van der Waals surface area (Å²) in [6.07, 6.45) is 0. The van der Waals surface area contributed by atoms with Crippen molar-refractivity contribution in [2.45, 2.75) is 33.6 Å². The third kappa shape index (κ3) is 1.70. The van der Waals surface area contributed by atoms with E-state index in [1.54, 1.807) is 6.07 Å². The normalized spacial score (nSPS) is 25.6. The van der Waals surface area contributed by atoms with Crippen molar-refractivity contribution in [3.05, 3.63) is 28.8 Å². The number of rotatable bonds is 2. The molecule has 0 heterocycles. The van der Waals surface area contributed by atoms with Gasteiger partial charge in [0.15, 0.2) is 0 Å². The standard InChI is InChI=1S/C14H18O3/c1-7-5-9(10(15)6-8(7)2)11-12(13(16)17)14(11,3)4/h5-6,11-12,15H,1-4H3,(H,16,17)/t11-,12+/m1/s1. The molecule has 1 aliphatic rings. The average molecular weight is 234 g/mol. The van der Waals surface area contributed by atoms with E-state index in [2.05, 4.69) is 0 Å². The highest BCUT2D eigenvalue weighted by Gasteiger charge is 2.63. The Morgan fingerprint density at radius 2 is 1.76 bits per heavy atom. The minimum atomic E-state index is -0.780. The summed E-state index contributed by atoms with van der Waals surface area (Å²) in [5, 5.41) is 19.1. The molecule has 0 amide bonds. The zero-order chi connectivity index (χ0) is 13.0. The van der Waals surface area contributed by atoms with Gasteiger partial charge >= 0.3 is 5.97 Å². The minimum absolute atomic E-state index is 0.0840. The number of carbonyl (C=O) groups is 1. The van der Waals surface area contributed by atoms with Gasteiger partial charge in [0.05, 0.1) is 5.92 Å². The van der Waals surface area contributed by atoms with Crippen LogP contribution in [0.4, 0.5) is 0 Å². The number of carboxylic acid groups (broad SMARTS) is 1. The van der Waals surface area contributed by atoms with Gasteiger partial charge in [-0.25, -0.2) is 0 Å². The van der Waals surface area contributed by atoms with E-state index in [4.69, 9.17) is 5.11 Å². The molecule has 1 aliphatic carbocycles. The van der Waals surface area contributed by atoms with E-state index in [1.165, 1.54) is 0 Å². The molecule has 0 radical (unpaired) electrons. The Morgan fingerprint density at radius 3 is 2.24 bits per heavy atom. The quantitative estimate of drug-likeness (QED) is 0.827. The number of hydrogen-bond acceptors (Lipinski definition) is 2. The van der Waals surface area contributed by atoms with Gasteiger partial charge < -0.3 is 10.2 Å². The van der Waals surface area contributed by atoms with Crippen LogP contribution in [-0.2, 0) is 4.79 Å². The Hall–Kier alpha value is -1.51. The summed E-state index contributed by atoms with van der Waals surface area (Å²) in [7, 11) is 0. The number of phenolic OH excluding ortho intramolecular Hbond substituents is 1. The minimum Gasteiger partial charge on any atom is -0.508 e. The lowest BCUT2D eigenvalue weighted by molar-refractivity contribution is -0.139. The van der Waals surface area contributed by atoms with Gasteiger partial charge in [-0.05, 0) is 42.0 Å². The summed E-state index contributed by atoms with van der Waals surface area (Å²) in [6, 6.07) is 3.64. The second kappa shape index (κ2) is 3.49. The number of carboxylic acids is 1. The van der Waals surface area contributed by atoms with Gasteiger partial charge in [0.2, 0.25) is 0 Å². The fourth-order valence-corrected chi connectivity index (χ4v) is 2.75. The number of aryl methyl sites for hydroxylation is 2. The molecule has 3 nitrogen and oxygen atoms in total. The van der Waals surface area contributed by atoms with Crippen molar-refractivity contribution in [1.82, 2.24) is 0 Å². The summed E-state index contributed by atoms with van der Waals surface area (Å²) >= 11 is 0. The van der Waals surface area contributed by atoms with E-state index in [-0.39, 0.29) is 17.1 Å². The van der Waals surface area contributed by atoms with Crippen LogP contribution in [0.2, 0.25) is 0 Å². The first kappa shape index (κ1) is 12.0. The molecule has 2 N–H and O–H groups in total. The topological polar surface area (TPSA) is 57.5 Å². The summed E-state index contributed by atoms with van der Waals surface area (Å²) < 4.78 is 0. The molecule has 0 aromatic heterocycles. The zero-order valence-corrected chi connectivity index (χ0v) is 10.6. The molecule has 0 spiro atoms. The summed E-state index contributed by atoms with van der Waals surface area (Å²) in [6.45, 7) is 7.78. The van der Waals surface area contributed by atoms with Crippen LogP contribution >= 0.6 is 0 Å². The molecule has 2 atom stereocenters. The average Bonchev–Trinajstić information content (AvgIpc) is 2.75. The van der Waals surface area contributed by atoms with Crippen LogP contribution in [0.1, 0.15) is 36.5 Å². The van der Waals surface area contributed by atoms with Crippen LogP contribution in [0.25, 0.3) is 0 Å². The third-order valence-electron chi connectivity index (χ3n) is 4.07. The highest BCUT2D eigenvalue weighted by Crippen LogP contribution is 2.65. The molecule has 0 unspecified atom stereocenters. The number of hydrogen-bond donors (Lipinski definition) is 2. The van der Waals surface area contributed by atoms with Crippen molar-refractivity contribution in [1.29, 1.82) is 0 Å². The molecule has 0 bridgehead atoms. The van der Waals surface area contributed by atoms with Gasteiger partial charge in [-0.1, -0.05) is 19.9 Å². The van der Waals surface area contributed by atoms with Crippen LogP contribution in [0, 0.1) is 25.2 Å². The lowest BCUT2D eigenvalue weighted by Crippen LogP contribution is -2.03. The van der Waals surface area contributed by atoms with E-state index >= 15 is 0 Å². The van der Waals surface area contributed by atoms with E-state index in [0.717, 1.165) is 16.7 Å². The fraction of sp³-hybridized carbons (Fsp3) is 0.500. The number of aliphatic carboxylic acids is 1. The van der Waals surface area contributed by atoms with Crippen molar-refractivity contribution in [3.63, 3.8) is 0 Å². The van der Waals surface area contributed by atoms with Crippen LogP contribution < -0.4 is 0 Å². The van der Waals surface area contributed by atoms with Crippen molar-refractivity contribution in [3.8, 4) is 5.75 Å². The number of phenols is 1. The van der Waals surface area contributed by atoms with Crippen LogP contribution in [0.5, 0.6) is 5.75 Å². The van der Waals surface area contributed by atoms with E-state index < -0.39 is 11.9 Å². The van der Waals surface area contributed by atoms with Gasteiger partial charge in [0.25, 0.3) is 0 Å². The highest BCUT2D eigenvalue weighted by atomic mass is 16.4. The predicted octanol–water partition coefficient (Wildman–Crippen LogP) is 2.83. The van der Waals surface area contributed by atoms with Crippen molar-refractivity contribution < 1.29 is 15.0 Å². The highest BCUT2D eigenvalue weighted by molar-refractivity contribution is 5.78. The third-order valence-corrected chi connectivity index (χ3v) is 4.07.